The number of hydrogen-bond donors (Lipinski definition) is 1. The van der Waals surface area contributed by atoms with Gasteiger partial charge >= 0.3 is 12.1 Å². The summed E-state index contributed by atoms with van der Waals surface area (Å²) in [5, 5.41) is 3.09. The second-order valence-corrected chi connectivity index (χ2v) is 2.83. The first-order valence-corrected chi connectivity index (χ1v) is 4.07. The second kappa shape index (κ2) is 3.47. The third kappa shape index (κ3) is 1.81. The Bertz CT molecular complexity index is 558. The third-order valence-electron chi connectivity index (χ3n) is 1.73. The van der Waals surface area contributed by atoms with Crippen LogP contribution < -0.4 is 5.56 Å². The molecule has 0 radical (unpaired) electrons. The number of aromatic nitrogens is 3. The highest BCUT2D eigenvalue weighted by molar-refractivity contribution is 5.51. The van der Waals surface area contributed by atoms with E-state index in [-0.39, 0.29) is 5.56 Å². The zero-order valence-electron chi connectivity index (χ0n) is 7.58. The number of nitrogens with zero attached hydrogens (tertiary/aromatic N) is 2. The maximum Gasteiger partial charge on any atom is 0.471 e. The van der Waals surface area contributed by atoms with Gasteiger partial charge in [0.25, 0.3) is 5.56 Å². The Hall–Kier alpha value is -2.12. The van der Waals surface area contributed by atoms with Crippen molar-refractivity contribution < 1.29 is 17.7 Å². The summed E-state index contributed by atoms with van der Waals surface area (Å²) < 4.78 is 40.4. The van der Waals surface area contributed by atoms with Crippen molar-refractivity contribution in [3.05, 3.63) is 34.6 Å². The number of halogens is 3. The van der Waals surface area contributed by atoms with Crippen LogP contribution in [0, 0.1) is 0 Å². The van der Waals surface area contributed by atoms with E-state index in [4.69, 9.17) is 0 Å². The molecule has 0 spiro atoms. The molecule has 0 saturated heterocycles. The van der Waals surface area contributed by atoms with E-state index >= 15 is 0 Å². The Kier molecular flexibility index (Phi) is 2.26. The fourth-order valence-electron chi connectivity index (χ4n) is 1.05. The molecule has 0 fully saturated rings. The third-order valence-corrected chi connectivity index (χ3v) is 1.73. The van der Waals surface area contributed by atoms with Crippen LogP contribution in [0.5, 0.6) is 0 Å². The quantitative estimate of drug-likeness (QED) is 0.806. The first-order valence-electron chi connectivity index (χ1n) is 4.07. The molecule has 5 nitrogen and oxygen atoms in total. The zero-order valence-corrected chi connectivity index (χ0v) is 7.58. The average molecular weight is 231 g/mol. The Labute approximate surface area is 85.9 Å². The minimum absolute atomic E-state index is 0.0817. The summed E-state index contributed by atoms with van der Waals surface area (Å²) in [5.74, 6) is -1.88. The normalized spacial score (nSPS) is 11.7. The van der Waals surface area contributed by atoms with E-state index < -0.39 is 23.5 Å². The summed E-state index contributed by atoms with van der Waals surface area (Å²) in [4.78, 5) is 16.6. The van der Waals surface area contributed by atoms with Crippen LogP contribution in [-0.2, 0) is 6.18 Å². The number of pyridine rings is 1. The molecule has 16 heavy (non-hydrogen) atoms. The lowest BCUT2D eigenvalue weighted by Crippen LogP contribution is -2.09. The Morgan fingerprint density at radius 1 is 1.38 bits per heavy atom. The van der Waals surface area contributed by atoms with Crippen molar-refractivity contribution in [3.63, 3.8) is 0 Å². The van der Waals surface area contributed by atoms with Gasteiger partial charge in [0.1, 0.15) is 0 Å². The Morgan fingerprint density at radius 2 is 2.12 bits per heavy atom. The fraction of sp³-hybridized carbons (Fsp3) is 0.125. The predicted molar refractivity (Wildman–Crippen MR) is 45.4 cm³/mol. The molecule has 84 valence electrons. The minimum Gasteiger partial charge on any atom is -0.329 e. The van der Waals surface area contributed by atoms with Crippen molar-refractivity contribution in [2.24, 2.45) is 0 Å². The maximum atomic E-state index is 12.1. The van der Waals surface area contributed by atoms with Gasteiger partial charge in [0, 0.05) is 6.20 Å². The zero-order chi connectivity index (χ0) is 11.8. The molecule has 0 aliphatic heterocycles. The van der Waals surface area contributed by atoms with E-state index in [0.717, 1.165) is 0 Å². The molecular weight excluding hydrogens is 227 g/mol. The molecule has 0 unspecified atom stereocenters. The lowest BCUT2D eigenvalue weighted by molar-refractivity contribution is -0.159. The van der Waals surface area contributed by atoms with E-state index in [2.05, 4.69) is 19.6 Å². The minimum atomic E-state index is -4.72. The molecule has 0 aromatic carbocycles. The Morgan fingerprint density at radius 3 is 2.69 bits per heavy atom. The lowest BCUT2D eigenvalue weighted by Gasteiger charge is -1.95. The number of alkyl halides is 3. The number of nitrogens with one attached hydrogen (secondary N) is 1. The summed E-state index contributed by atoms with van der Waals surface area (Å²) in [5.41, 5.74) is -0.668. The van der Waals surface area contributed by atoms with E-state index in [1.54, 1.807) is 0 Å². The topological polar surface area (TPSA) is 71.8 Å². The van der Waals surface area contributed by atoms with Gasteiger partial charge in [0.15, 0.2) is 0 Å². The van der Waals surface area contributed by atoms with Crippen LogP contribution in [0.25, 0.3) is 11.4 Å². The van der Waals surface area contributed by atoms with Crippen molar-refractivity contribution >= 4 is 0 Å². The molecule has 0 atom stereocenters. The fourth-order valence-corrected chi connectivity index (χ4v) is 1.05. The van der Waals surface area contributed by atoms with Gasteiger partial charge in [0.05, 0.1) is 5.56 Å². The number of rotatable bonds is 1. The number of aromatic amines is 1. The molecule has 2 rings (SSSR count). The van der Waals surface area contributed by atoms with Gasteiger partial charge in [0.2, 0.25) is 5.82 Å². The van der Waals surface area contributed by atoms with E-state index in [1.165, 1.54) is 18.3 Å². The van der Waals surface area contributed by atoms with Gasteiger partial charge in [-0.1, -0.05) is 5.16 Å². The van der Waals surface area contributed by atoms with Gasteiger partial charge < -0.3 is 9.51 Å². The molecule has 2 aromatic rings. The van der Waals surface area contributed by atoms with Crippen molar-refractivity contribution in [1.82, 2.24) is 15.1 Å². The summed E-state index contributed by atoms with van der Waals surface area (Å²) in [7, 11) is 0. The van der Waals surface area contributed by atoms with Crippen LogP contribution in [0.1, 0.15) is 5.89 Å². The highest BCUT2D eigenvalue weighted by Gasteiger charge is 2.38. The van der Waals surface area contributed by atoms with E-state index in [0.29, 0.717) is 0 Å². The van der Waals surface area contributed by atoms with Crippen LogP contribution in [-0.4, -0.2) is 15.1 Å². The number of hydrogen-bond acceptors (Lipinski definition) is 4. The summed E-state index contributed by atoms with van der Waals surface area (Å²) in [6, 6.07) is 2.74. The van der Waals surface area contributed by atoms with Gasteiger partial charge in [-0.2, -0.15) is 18.2 Å². The summed E-state index contributed by atoms with van der Waals surface area (Å²) >= 11 is 0. The standard InChI is InChI=1S/C8H4F3N3O2/c9-8(10,11)7-13-5(14-16-7)4-2-1-3-12-6(4)15/h1-3H,(H,12,15). The van der Waals surface area contributed by atoms with Gasteiger partial charge in [-0.15, -0.1) is 0 Å². The van der Waals surface area contributed by atoms with Crippen LogP contribution in [0.2, 0.25) is 0 Å². The average Bonchev–Trinajstić information content (AvgIpc) is 2.66. The van der Waals surface area contributed by atoms with Crippen molar-refractivity contribution in [1.29, 1.82) is 0 Å². The smallest absolute Gasteiger partial charge is 0.329 e. The lowest BCUT2D eigenvalue weighted by atomic mass is 10.3. The van der Waals surface area contributed by atoms with E-state index in [9.17, 15) is 18.0 Å². The van der Waals surface area contributed by atoms with Gasteiger partial charge in [-0.25, -0.2) is 0 Å². The monoisotopic (exact) mass is 231 g/mol. The van der Waals surface area contributed by atoms with Gasteiger partial charge in [-0.05, 0) is 12.1 Å². The second-order valence-electron chi connectivity index (χ2n) is 2.83. The molecule has 1 N–H and O–H groups in total. The molecule has 0 aliphatic rings. The molecule has 8 heteroatoms. The molecule has 2 heterocycles. The SMILES string of the molecule is O=c1[nH]cccc1-c1noc(C(F)(F)F)n1. The summed E-state index contributed by atoms with van der Waals surface area (Å²) in [6.45, 7) is 0. The first-order chi connectivity index (χ1) is 7.48. The predicted octanol–water partition coefficient (Wildman–Crippen LogP) is 1.44. The van der Waals surface area contributed by atoms with Crippen molar-refractivity contribution in [2.45, 2.75) is 6.18 Å². The molecule has 0 bridgehead atoms. The van der Waals surface area contributed by atoms with Crippen LogP contribution in [0.4, 0.5) is 13.2 Å². The van der Waals surface area contributed by atoms with Crippen LogP contribution in [0.15, 0.2) is 27.6 Å². The van der Waals surface area contributed by atoms with E-state index in [1.807, 2.05) is 0 Å². The maximum absolute atomic E-state index is 12.1. The first kappa shape index (κ1) is 10.4. The van der Waals surface area contributed by atoms with Crippen molar-refractivity contribution in [2.75, 3.05) is 0 Å². The van der Waals surface area contributed by atoms with Crippen molar-refractivity contribution in [3.8, 4) is 11.4 Å². The molecule has 0 amide bonds. The molecule has 2 aromatic heterocycles. The Balaban J connectivity index is 2.48. The van der Waals surface area contributed by atoms with Crippen LogP contribution in [0.3, 0.4) is 0 Å². The highest BCUT2D eigenvalue weighted by Crippen LogP contribution is 2.28. The summed E-state index contributed by atoms with van der Waals surface area (Å²) in [6.07, 6.45) is -3.37. The molecule has 0 aliphatic carbocycles. The largest absolute Gasteiger partial charge is 0.471 e. The molecule has 0 saturated carbocycles. The van der Waals surface area contributed by atoms with Gasteiger partial charge in [-0.3, -0.25) is 4.79 Å². The molecular formula is C8H4F3N3O2. The highest BCUT2D eigenvalue weighted by atomic mass is 19.4. The van der Waals surface area contributed by atoms with Crippen LogP contribution >= 0.6 is 0 Å². The number of H-pyrrole nitrogens is 1.